The van der Waals surface area contributed by atoms with Gasteiger partial charge in [0.05, 0.1) is 0 Å². The topological polar surface area (TPSA) is 220 Å². The van der Waals surface area contributed by atoms with Gasteiger partial charge >= 0.3 is 0 Å². The maximum absolute atomic E-state index is 0. The largest absolute Gasteiger partial charge is 0.412 e. The summed E-state index contributed by atoms with van der Waals surface area (Å²) in [6.07, 6.45) is 0. The van der Waals surface area contributed by atoms with E-state index < -0.39 is 0 Å². The van der Waals surface area contributed by atoms with Crippen LogP contribution in [0.1, 0.15) is 0 Å². The van der Waals surface area contributed by atoms with Gasteiger partial charge in [-0.3, -0.25) is 0 Å². The van der Waals surface area contributed by atoms with Crippen molar-refractivity contribution < 1.29 is 38.3 Å². The van der Waals surface area contributed by atoms with Gasteiger partial charge < -0.3 is 38.3 Å². The summed E-state index contributed by atoms with van der Waals surface area (Å²) in [6.45, 7) is 0. The van der Waals surface area contributed by atoms with Gasteiger partial charge in [-0.05, 0) is 0 Å². The summed E-state index contributed by atoms with van der Waals surface area (Å²) in [5.74, 6) is 0. The Hall–Kier alpha value is 1.24. The van der Waals surface area contributed by atoms with E-state index in [0.717, 1.165) is 0 Å². The zero-order valence-electron chi connectivity index (χ0n) is 6.52. The van der Waals surface area contributed by atoms with Crippen molar-refractivity contribution in [2.75, 3.05) is 0 Å². The summed E-state index contributed by atoms with van der Waals surface area (Å²) in [5, 5.41) is 0. The fourth-order valence-electron chi connectivity index (χ4n) is 0. The second-order valence-electron chi connectivity index (χ2n) is 0. The Balaban J connectivity index is 0. The molecule has 0 amide bonds. The first kappa shape index (κ1) is 1290. The standard InChI is InChI=1S/4B.Ca.7H2O/h;;;;;7*1H2. The average molecular weight is 209 g/mol. The minimum Gasteiger partial charge on any atom is -0.412 e. The average Bonchev–Trinajstić information content (AvgIpc) is 0. The molecular formula is H14B4CaO7. The predicted octanol–water partition coefficient (Wildman–Crippen LogP) is -7.68. The SMILES string of the molecule is O.O.O.O.O.O.O.[B].[B].[B].[B].[Ca]. The molecule has 0 atom stereocenters. The van der Waals surface area contributed by atoms with Crippen LogP contribution in [-0.4, -0.2) is 110 Å². The molecule has 0 bridgehead atoms. The molecule has 0 aromatic rings. The molecule has 0 fully saturated rings. The normalized spacial score (nSPS) is 0. The molecule has 0 unspecified atom stereocenters. The molecule has 0 rings (SSSR count). The Morgan fingerprint density at radius 3 is 0.250 bits per heavy atom. The van der Waals surface area contributed by atoms with Crippen LogP contribution in [0.3, 0.4) is 0 Å². The molecular weight excluding hydrogens is 195 g/mol. The molecule has 14 radical (unpaired) electrons. The Kier molecular flexibility index (Phi) is 108000. The molecule has 12 heavy (non-hydrogen) atoms. The molecule has 0 aliphatic rings. The fraction of sp³-hybridized carbons (Fsp3) is 0. The molecule has 14 N–H and O–H groups in total. The Labute approximate surface area is 109 Å². The first-order chi connectivity index (χ1) is 0. The van der Waals surface area contributed by atoms with Gasteiger partial charge in [0, 0.05) is 71.4 Å². The third-order valence-electron chi connectivity index (χ3n) is 0. The van der Waals surface area contributed by atoms with Crippen molar-refractivity contribution >= 4 is 71.4 Å². The van der Waals surface area contributed by atoms with Crippen LogP contribution in [0.5, 0.6) is 0 Å². The van der Waals surface area contributed by atoms with Crippen LogP contribution in [0, 0.1) is 0 Å². The third kappa shape index (κ3) is 767. The second kappa shape index (κ2) is 1010. The first-order valence-corrected chi connectivity index (χ1v) is 0. The van der Waals surface area contributed by atoms with Gasteiger partial charge in [-0.1, -0.05) is 0 Å². The van der Waals surface area contributed by atoms with Crippen LogP contribution in [0.4, 0.5) is 0 Å². The van der Waals surface area contributed by atoms with Gasteiger partial charge in [-0.15, -0.1) is 0 Å². The van der Waals surface area contributed by atoms with E-state index in [1.165, 1.54) is 0 Å². The summed E-state index contributed by atoms with van der Waals surface area (Å²) in [5.41, 5.74) is 0. The molecule has 0 aliphatic heterocycles. The van der Waals surface area contributed by atoms with Crippen molar-refractivity contribution in [2.45, 2.75) is 0 Å². The second-order valence-corrected chi connectivity index (χ2v) is 0. The number of rotatable bonds is 0. The Bertz CT molecular complexity index is 15.4. The van der Waals surface area contributed by atoms with E-state index in [-0.39, 0.29) is 110 Å². The fourth-order valence-corrected chi connectivity index (χ4v) is 0. The van der Waals surface area contributed by atoms with Gasteiger partial charge in [0.2, 0.25) is 0 Å². The van der Waals surface area contributed by atoms with E-state index in [1.54, 1.807) is 0 Å². The molecule has 0 saturated carbocycles. The van der Waals surface area contributed by atoms with Gasteiger partial charge in [0.1, 0.15) is 0 Å². The van der Waals surface area contributed by atoms with Crippen molar-refractivity contribution in [2.24, 2.45) is 0 Å². The van der Waals surface area contributed by atoms with Crippen molar-refractivity contribution in [1.82, 2.24) is 0 Å². The monoisotopic (exact) mass is 210 g/mol. The smallest absolute Gasteiger partial charge is 0 e. The van der Waals surface area contributed by atoms with E-state index in [1.807, 2.05) is 0 Å². The van der Waals surface area contributed by atoms with Gasteiger partial charge in [0.15, 0.2) is 0 Å². The van der Waals surface area contributed by atoms with E-state index in [2.05, 4.69) is 0 Å². The molecule has 0 aromatic carbocycles. The summed E-state index contributed by atoms with van der Waals surface area (Å²) >= 11 is 0. The van der Waals surface area contributed by atoms with E-state index in [0.29, 0.717) is 0 Å². The third-order valence-corrected chi connectivity index (χ3v) is 0. The van der Waals surface area contributed by atoms with E-state index >= 15 is 0 Å². The van der Waals surface area contributed by atoms with Crippen LogP contribution in [-0.2, 0) is 0 Å². The number of hydrogen-bond acceptors (Lipinski definition) is 0. The molecule has 0 aliphatic carbocycles. The summed E-state index contributed by atoms with van der Waals surface area (Å²) in [6, 6.07) is 0. The van der Waals surface area contributed by atoms with Crippen LogP contribution in [0.15, 0.2) is 0 Å². The minimum atomic E-state index is 0. The van der Waals surface area contributed by atoms with Crippen LogP contribution in [0.2, 0.25) is 0 Å². The molecule has 0 saturated heterocycles. The molecule has 0 spiro atoms. The molecule has 12 heteroatoms. The zero-order chi connectivity index (χ0) is 0. The van der Waals surface area contributed by atoms with Crippen LogP contribution < -0.4 is 0 Å². The summed E-state index contributed by atoms with van der Waals surface area (Å²) in [4.78, 5) is 0. The molecule has 0 aromatic heterocycles. The van der Waals surface area contributed by atoms with Crippen LogP contribution in [0.25, 0.3) is 0 Å². The predicted molar refractivity (Wildman–Crippen MR) is 54.1 cm³/mol. The molecule has 7 nitrogen and oxygen atoms in total. The molecule has 70 valence electrons. The Morgan fingerprint density at radius 1 is 0.250 bits per heavy atom. The van der Waals surface area contributed by atoms with Crippen molar-refractivity contribution in [3.8, 4) is 0 Å². The van der Waals surface area contributed by atoms with Crippen molar-refractivity contribution in [3.63, 3.8) is 0 Å². The maximum Gasteiger partial charge on any atom is 0 e. The summed E-state index contributed by atoms with van der Waals surface area (Å²) < 4.78 is 0. The minimum absolute atomic E-state index is 0. The Morgan fingerprint density at radius 2 is 0.250 bits per heavy atom. The van der Waals surface area contributed by atoms with Crippen molar-refractivity contribution in [3.05, 3.63) is 0 Å². The first-order valence-electron chi connectivity index (χ1n) is 0. The van der Waals surface area contributed by atoms with Crippen LogP contribution >= 0.6 is 0 Å². The van der Waals surface area contributed by atoms with E-state index in [9.17, 15) is 0 Å². The number of hydrogen-bond donors (Lipinski definition) is 0. The van der Waals surface area contributed by atoms with Crippen molar-refractivity contribution in [1.29, 1.82) is 0 Å². The van der Waals surface area contributed by atoms with E-state index in [4.69, 9.17) is 0 Å². The quantitative estimate of drug-likeness (QED) is 0.339. The van der Waals surface area contributed by atoms with Gasteiger partial charge in [-0.2, -0.15) is 0 Å². The maximum atomic E-state index is 0. The van der Waals surface area contributed by atoms with Gasteiger partial charge in [-0.25, -0.2) is 0 Å². The molecule has 0 heterocycles. The zero-order valence-corrected chi connectivity index (χ0v) is 8.72. The summed E-state index contributed by atoms with van der Waals surface area (Å²) in [7, 11) is 0. The van der Waals surface area contributed by atoms with Gasteiger partial charge in [0.25, 0.3) is 0 Å².